The van der Waals surface area contributed by atoms with Crippen molar-refractivity contribution in [2.75, 3.05) is 6.54 Å². The van der Waals surface area contributed by atoms with Crippen molar-refractivity contribution >= 4 is 23.6 Å². The van der Waals surface area contributed by atoms with Crippen molar-refractivity contribution in [3.63, 3.8) is 0 Å². The number of hydrogen-bond acceptors (Lipinski definition) is 4. The van der Waals surface area contributed by atoms with Gasteiger partial charge in [-0.1, -0.05) is 34.6 Å². The number of carbonyl (C=O) groups is 4. The van der Waals surface area contributed by atoms with Crippen LogP contribution in [0.25, 0.3) is 0 Å². The average molecular weight is 420 g/mol. The number of alkyl halides is 3. The smallest absolute Gasteiger partial charge is 0.336 e. The molecule has 1 aliphatic heterocycles. The Bertz CT molecular complexity index is 730. The molecular weight excluding hydrogens is 393 g/mol. The summed E-state index contributed by atoms with van der Waals surface area (Å²) in [5, 5.41) is 1.78. The van der Waals surface area contributed by atoms with Crippen LogP contribution in [0.4, 0.5) is 13.2 Å². The number of amides is 4. The first kappa shape index (κ1) is 23.0. The number of hydrogen-bond donors (Lipinski definition) is 3. The molecule has 2 fully saturated rings. The summed E-state index contributed by atoms with van der Waals surface area (Å²) >= 11 is 0. The zero-order valence-corrected chi connectivity index (χ0v) is 17.2. The SMILES string of the molecule is CC(=O)NNC(=O)[C@@H]1[C@@H]2[C@H](CN1C(=O)[C@@H](NC(=O)C(F)(F)F)C(C)(C)C)C2(C)C. The molecule has 2 aliphatic rings. The maximum atomic E-state index is 13.2. The highest BCUT2D eigenvalue weighted by Gasteiger charge is 2.69. The first-order chi connectivity index (χ1) is 13.0. The van der Waals surface area contributed by atoms with Crippen LogP contribution in [0.2, 0.25) is 0 Å². The van der Waals surface area contributed by atoms with E-state index in [0.29, 0.717) is 0 Å². The summed E-state index contributed by atoms with van der Waals surface area (Å²) in [7, 11) is 0. The number of piperidine rings is 1. The summed E-state index contributed by atoms with van der Waals surface area (Å²) in [6, 6.07) is -2.43. The average Bonchev–Trinajstić information content (AvgIpc) is 2.92. The van der Waals surface area contributed by atoms with Crippen molar-refractivity contribution in [2.24, 2.45) is 22.7 Å². The number of carbonyl (C=O) groups excluding carboxylic acids is 4. The summed E-state index contributed by atoms with van der Waals surface area (Å²) in [6.45, 7) is 9.84. The fourth-order valence-corrected chi connectivity index (χ4v) is 4.06. The molecule has 1 heterocycles. The minimum absolute atomic E-state index is 0.00142. The van der Waals surface area contributed by atoms with Crippen molar-refractivity contribution in [3.05, 3.63) is 0 Å². The van der Waals surface area contributed by atoms with Gasteiger partial charge < -0.3 is 10.2 Å². The van der Waals surface area contributed by atoms with E-state index in [0.717, 1.165) is 0 Å². The van der Waals surface area contributed by atoms with Crippen LogP contribution in [0.5, 0.6) is 0 Å². The Hall–Kier alpha value is -2.33. The Morgan fingerprint density at radius 2 is 1.62 bits per heavy atom. The normalized spacial score (nSPS) is 26.2. The molecule has 0 radical (unpaired) electrons. The molecule has 1 saturated heterocycles. The molecule has 0 aromatic carbocycles. The van der Waals surface area contributed by atoms with Gasteiger partial charge in [-0.3, -0.25) is 30.0 Å². The van der Waals surface area contributed by atoms with Crippen molar-refractivity contribution in [3.8, 4) is 0 Å². The Morgan fingerprint density at radius 1 is 1.07 bits per heavy atom. The van der Waals surface area contributed by atoms with Gasteiger partial charge in [0.15, 0.2) is 0 Å². The highest BCUT2D eigenvalue weighted by atomic mass is 19.4. The molecular formula is C18H27F3N4O4. The lowest BCUT2D eigenvalue weighted by Gasteiger charge is -2.37. The van der Waals surface area contributed by atoms with Crippen LogP contribution >= 0.6 is 0 Å². The molecule has 0 unspecified atom stereocenters. The fourth-order valence-electron chi connectivity index (χ4n) is 4.06. The van der Waals surface area contributed by atoms with E-state index < -0.39 is 47.3 Å². The van der Waals surface area contributed by atoms with E-state index in [9.17, 15) is 32.3 Å². The zero-order valence-electron chi connectivity index (χ0n) is 17.2. The molecule has 2 rings (SSSR count). The summed E-state index contributed by atoms with van der Waals surface area (Å²) in [6.07, 6.45) is -5.14. The van der Waals surface area contributed by atoms with Gasteiger partial charge in [0.05, 0.1) is 0 Å². The minimum atomic E-state index is -5.14. The maximum Gasteiger partial charge on any atom is 0.471 e. The van der Waals surface area contributed by atoms with Crippen molar-refractivity contribution < 1.29 is 32.3 Å². The molecule has 4 amide bonds. The van der Waals surface area contributed by atoms with E-state index in [1.54, 1.807) is 5.32 Å². The van der Waals surface area contributed by atoms with Gasteiger partial charge in [0.1, 0.15) is 12.1 Å². The van der Waals surface area contributed by atoms with Crippen molar-refractivity contribution in [1.82, 2.24) is 21.1 Å². The highest BCUT2D eigenvalue weighted by Crippen LogP contribution is 2.65. The number of likely N-dealkylation sites (tertiary alicyclic amines) is 1. The molecule has 1 saturated carbocycles. The van der Waals surface area contributed by atoms with Gasteiger partial charge in [-0.05, 0) is 22.7 Å². The number of nitrogens with zero attached hydrogens (tertiary/aromatic N) is 1. The van der Waals surface area contributed by atoms with Gasteiger partial charge >= 0.3 is 12.1 Å². The molecule has 3 N–H and O–H groups in total. The molecule has 0 spiro atoms. The van der Waals surface area contributed by atoms with Gasteiger partial charge in [-0.25, -0.2) is 0 Å². The van der Waals surface area contributed by atoms with E-state index in [1.807, 2.05) is 13.8 Å². The van der Waals surface area contributed by atoms with Crippen LogP contribution in [0.15, 0.2) is 0 Å². The van der Waals surface area contributed by atoms with Crippen LogP contribution in [-0.4, -0.2) is 53.3 Å². The van der Waals surface area contributed by atoms with E-state index in [4.69, 9.17) is 0 Å². The zero-order chi connectivity index (χ0) is 22.5. The number of fused-ring (bicyclic) bond motifs is 1. The second-order valence-corrected chi connectivity index (χ2v) is 9.33. The van der Waals surface area contributed by atoms with Gasteiger partial charge in [-0.2, -0.15) is 13.2 Å². The summed E-state index contributed by atoms with van der Waals surface area (Å²) < 4.78 is 38.2. The first-order valence-corrected chi connectivity index (χ1v) is 9.24. The van der Waals surface area contributed by atoms with Gasteiger partial charge in [0.25, 0.3) is 5.91 Å². The van der Waals surface area contributed by atoms with Crippen LogP contribution < -0.4 is 16.2 Å². The van der Waals surface area contributed by atoms with E-state index in [1.165, 1.54) is 32.6 Å². The molecule has 29 heavy (non-hydrogen) atoms. The van der Waals surface area contributed by atoms with E-state index in [-0.39, 0.29) is 23.8 Å². The number of nitrogens with one attached hydrogen (secondary N) is 3. The Morgan fingerprint density at radius 3 is 2.07 bits per heavy atom. The first-order valence-electron chi connectivity index (χ1n) is 9.24. The Kier molecular flexibility index (Phi) is 5.68. The van der Waals surface area contributed by atoms with Crippen LogP contribution in [-0.2, 0) is 19.2 Å². The lowest BCUT2D eigenvalue weighted by molar-refractivity contribution is -0.176. The molecule has 0 bridgehead atoms. The molecule has 1 aliphatic carbocycles. The van der Waals surface area contributed by atoms with Gasteiger partial charge in [-0.15, -0.1) is 0 Å². The second kappa shape index (κ2) is 7.17. The van der Waals surface area contributed by atoms with Crippen molar-refractivity contribution in [1.29, 1.82) is 0 Å². The van der Waals surface area contributed by atoms with Crippen LogP contribution in [0.3, 0.4) is 0 Å². The monoisotopic (exact) mass is 420 g/mol. The summed E-state index contributed by atoms with van der Waals surface area (Å²) in [4.78, 5) is 49.6. The summed E-state index contributed by atoms with van der Waals surface area (Å²) in [5.41, 5.74) is 3.16. The molecule has 164 valence electrons. The predicted molar refractivity (Wildman–Crippen MR) is 95.7 cm³/mol. The number of hydrazine groups is 1. The lowest BCUT2D eigenvalue weighted by Crippen LogP contribution is -2.61. The number of rotatable bonds is 3. The topological polar surface area (TPSA) is 108 Å². The van der Waals surface area contributed by atoms with Gasteiger partial charge in [0.2, 0.25) is 11.8 Å². The highest BCUT2D eigenvalue weighted by molar-refractivity contribution is 5.95. The molecule has 11 heteroatoms. The van der Waals surface area contributed by atoms with E-state index >= 15 is 0 Å². The fraction of sp³-hybridized carbons (Fsp3) is 0.778. The Labute approximate surface area is 166 Å². The third-order valence-corrected chi connectivity index (χ3v) is 5.77. The Balaban J connectivity index is 2.28. The third kappa shape index (κ3) is 4.48. The minimum Gasteiger partial charge on any atom is -0.336 e. The second-order valence-electron chi connectivity index (χ2n) is 9.33. The quantitative estimate of drug-likeness (QED) is 0.585. The largest absolute Gasteiger partial charge is 0.471 e. The maximum absolute atomic E-state index is 13.2. The summed E-state index contributed by atoms with van der Waals surface area (Å²) in [5.74, 6) is -4.30. The lowest BCUT2D eigenvalue weighted by atomic mass is 9.85. The third-order valence-electron chi connectivity index (χ3n) is 5.77. The predicted octanol–water partition coefficient (Wildman–Crippen LogP) is 0.730. The van der Waals surface area contributed by atoms with Crippen LogP contribution in [0, 0.1) is 22.7 Å². The van der Waals surface area contributed by atoms with Crippen molar-refractivity contribution in [2.45, 2.75) is 59.8 Å². The standard InChI is InChI=1S/C18H27F3N4O4/c1-8(26)23-24-13(27)11-10-9(17(10,5)6)7-25(11)14(28)12(16(2,3)4)22-15(29)18(19,20)21/h9-12H,7H2,1-6H3,(H,22,29)(H,23,26)(H,24,27)/t9-,10-,11-,12+/m0/s1. The molecule has 4 atom stereocenters. The van der Waals surface area contributed by atoms with E-state index in [2.05, 4.69) is 10.9 Å². The van der Waals surface area contributed by atoms with Gasteiger partial charge in [0, 0.05) is 13.5 Å². The van der Waals surface area contributed by atoms with Crippen LogP contribution in [0.1, 0.15) is 41.5 Å². The number of halogens is 3. The molecule has 0 aromatic rings. The molecule has 0 aromatic heterocycles. The molecule has 8 nitrogen and oxygen atoms in total.